The summed E-state index contributed by atoms with van der Waals surface area (Å²) in [5.74, 6) is 0.639. The smallest absolute Gasteiger partial charge is 0.241 e. The van der Waals surface area contributed by atoms with Crippen LogP contribution in [0.25, 0.3) is 0 Å². The Hall–Kier alpha value is -2.09. The van der Waals surface area contributed by atoms with Crippen LogP contribution in [0.1, 0.15) is 30.9 Å². The van der Waals surface area contributed by atoms with Crippen LogP contribution in [0.3, 0.4) is 0 Å². The Bertz CT molecular complexity index is 776. The minimum atomic E-state index is -0.0580. The highest BCUT2D eigenvalue weighted by Crippen LogP contribution is 2.47. The van der Waals surface area contributed by atoms with E-state index in [0.29, 0.717) is 12.5 Å². The molecule has 29 heavy (non-hydrogen) atoms. The number of carbonyl (C=O) groups excluding carboxylic acids is 1. The average molecular weight is 506 g/mol. The molecule has 0 spiro atoms. The Labute approximate surface area is 190 Å². The van der Waals surface area contributed by atoms with Gasteiger partial charge in [-0.2, -0.15) is 0 Å². The number of nitrogens with one attached hydrogen (secondary N) is 3. The molecule has 1 saturated carbocycles. The highest BCUT2D eigenvalue weighted by molar-refractivity contribution is 14.0. The number of aliphatic imine (C=N–C) groups is 1. The third-order valence-electron chi connectivity index (χ3n) is 5.14. The Balaban J connectivity index is 0.00000300. The van der Waals surface area contributed by atoms with E-state index in [0.717, 1.165) is 19.5 Å². The molecule has 3 N–H and O–H groups in total. The largest absolute Gasteiger partial charge is 0.357 e. The monoisotopic (exact) mass is 506 g/mol. The zero-order valence-electron chi connectivity index (χ0n) is 17.0. The van der Waals surface area contributed by atoms with E-state index in [-0.39, 0.29) is 41.8 Å². The molecule has 0 aliphatic heterocycles. The molecule has 2 aromatic carbocycles. The van der Waals surface area contributed by atoms with Crippen molar-refractivity contribution >= 4 is 35.8 Å². The normalized spacial score (nSPS) is 14.4. The molecule has 0 saturated heterocycles. The number of amides is 1. The molecule has 1 amide bonds. The summed E-state index contributed by atoms with van der Waals surface area (Å²) in [6, 6.07) is 20.8. The lowest BCUT2D eigenvalue weighted by Gasteiger charge is -2.19. The summed E-state index contributed by atoms with van der Waals surface area (Å²) in [5.41, 5.74) is 2.80. The van der Waals surface area contributed by atoms with E-state index in [1.807, 2.05) is 25.1 Å². The summed E-state index contributed by atoms with van der Waals surface area (Å²) in [5, 5.41) is 9.59. The molecule has 156 valence electrons. The molecule has 0 atom stereocenters. The lowest BCUT2D eigenvalue weighted by molar-refractivity contribution is -0.119. The molecular weight excluding hydrogens is 475 g/mol. The van der Waals surface area contributed by atoms with Crippen molar-refractivity contribution in [3.8, 4) is 0 Å². The van der Waals surface area contributed by atoms with Crippen molar-refractivity contribution in [1.29, 1.82) is 0 Å². The van der Waals surface area contributed by atoms with E-state index in [2.05, 4.69) is 63.4 Å². The first-order chi connectivity index (χ1) is 13.7. The van der Waals surface area contributed by atoms with Gasteiger partial charge in [0.2, 0.25) is 5.91 Å². The third kappa shape index (κ3) is 7.34. The Morgan fingerprint density at radius 3 is 2.24 bits per heavy atom. The Morgan fingerprint density at radius 2 is 1.62 bits per heavy atom. The SMILES string of the molecule is CCNC(=NCC(=O)NCCc1ccccc1)NCC1(c2ccccc2)CC1.I. The topological polar surface area (TPSA) is 65.5 Å². The molecule has 0 heterocycles. The van der Waals surface area contributed by atoms with Crippen LogP contribution < -0.4 is 16.0 Å². The number of hydrogen-bond donors (Lipinski definition) is 3. The maximum Gasteiger partial charge on any atom is 0.241 e. The maximum absolute atomic E-state index is 12.1. The summed E-state index contributed by atoms with van der Waals surface area (Å²) in [4.78, 5) is 16.5. The van der Waals surface area contributed by atoms with Crippen molar-refractivity contribution in [2.24, 2.45) is 4.99 Å². The van der Waals surface area contributed by atoms with Gasteiger partial charge >= 0.3 is 0 Å². The fourth-order valence-electron chi connectivity index (χ4n) is 3.30. The van der Waals surface area contributed by atoms with Gasteiger partial charge in [0, 0.05) is 25.0 Å². The first-order valence-corrected chi connectivity index (χ1v) is 10.1. The second-order valence-corrected chi connectivity index (χ2v) is 7.28. The lowest BCUT2D eigenvalue weighted by Crippen LogP contribution is -2.42. The summed E-state index contributed by atoms with van der Waals surface area (Å²) >= 11 is 0. The molecule has 1 aliphatic carbocycles. The molecule has 6 heteroatoms. The zero-order valence-corrected chi connectivity index (χ0v) is 19.3. The van der Waals surface area contributed by atoms with Crippen LogP contribution in [0.15, 0.2) is 65.7 Å². The van der Waals surface area contributed by atoms with Gasteiger partial charge in [-0.05, 0) is 37.3 Å². The highest BCUT2D eigenvalue weighted by atomic mass is 127. The molecule has 5 nitrogen and oxygen atoms in total. The Morgan fingerprint density at radius 1 is 0.966 bits per heavy atom. The quantitative estimate of drug-likeness (QED) is 0.278. The van der Waals surface area contributed by atoms with Crippen LogP contribution in [0, 0.1) is 0 Å². The fraction of sp³-hybridized carbons (Fsp3) is 0.391. The predicted octanol–water partition coefficient (Wildman–Crippen LogP) is 3.25. The molecule has 1 fully saturated rings. The van der Waals surface area contributed by atoms with E-state index in [1.165, 1.54) is 24.0 Å². The van der Waals surface area contributed by atoms with Gasteiger partial charge in [0.15, 0.2) is 5.96 Å². The average Bonchev–Trinajstić information content (AvgIpc) is 3.53. The van der Waals surface area contributed by atoms with Crippen LogP contribution in [-0.2, 0) is 16.6 Å². The van der Waals surface area contributed by atoms with Gasteiger partial charge in [-0.15, -0.1) is 24.0 Å². The van der Waals surface area contributed by atoms with Crippen molar-refractivity contribution in [2.45, 2.75) is 31.6 Å². The van der Waals surface area contributed by atoms with Crippen molar-refractivity contribution in [3.63, 3.8) is 0 Å². The Kier molecular flexibility index (Phi) is 9.44. The molecular formula is C23H31IN4O. The van der Waals surface area contributed by atoms with Gasteiger partial charge in [-0.3, -0.25) is 4.79 Å². The number of nitrogens with zero attached hydrogens (tertiary/aromatic N) is 1. The summed E-state index contributed by atoms with van der Waals surface area (Å²) in [6.07, 6.45) is 3.20. The lowest BCUT2D eigenvalue weighted by atomic mass is 9.96. The van der Waals surface area contributed by atoms with E-state index < -0.39 is 0 Å². The number of carbonyl (C=O) groups is 1. The third-order valence-corrected chi connectivity index (χ3v) is 5.14. The minimum absolute atomic E-state index is 0. The maximum atomic E-state index is 12.1. The summed E-state index contributed by atoms with van der Waals surface area (Å²) in [7, 11) is 0. The number of guanidine groups is 1. The van der Waals surface area contributed by atoms with E-state index in [4.69, 9.17) is 0 Å². The second kappa shape index (κ2) is 11.8. The van der Waals surface area contributed by atoms with Gasteiger partial charge in [-0.1, -0.05) is 60.7 Å². The molecule has 3 rings (SSSR count). The van der Waals surface area contributed by atoms with Crippen molar-refractivity contribution in [2.75, 3.05) is 26.2 Å². The van der Waals surface area contributed by atoms with Gasteiger partial charge in [-0.25, -0.2) is 4.99 Å². The first-order valence-electron chi connectivity index (χ1n) is 10.1. The molecule has 0 radical (unpaired) electrons. The van der Waals surface area contributed by atoms with Gasteiger partial charge in [0.25, 0.3) is 0 Å². The van der Waals surface area contributed by atoms with Crippen LogP contribution in [0.5, 0.6) is 0 Å². The molecule has 0 bridgehead atoms. The van der Waals surface area contributed by atoms with Crippen LogP contribution in [0.2, 0.25) is 0 Å². The van der Waals surface area contributed by atoms with Crippen LogP contribution in [-0.4, -0.2) is 38.0 Å². The van der Waals surface area contributed by atoms with Gasteiger partial charge < -0.3 is 16.0 Å². The number of rotatable bonds is 9. The van der Waals surface area contributed by atoms with E-state index >= 15 is 0 Å². The number of hydrogen-bond acceptors (Lipinski definition) is 2. The van der Waals surface area contributed by atoms with Crippen LogP contribution in [0.4, 0.5) is 0 Å². The van der Waals surface area contributed by atoms with Gasteiger partial charge in [0.1, 0.15) is 6.54 Å². The van der Waals surface area contributed by atoms with Crippen molar-refractivity contribution < 1.29 is 4.79 Å². The second-order valence-electron chi connectivity index (χ2n) is 7.28. The van der Waals surface area contributed by atoms with E-state index in [9.17, 15) is 4.79 Å². The fourth-order valence-corrected chi connectivity index (χ4v) is 3.30. The number of benzene rings is 2. The first kappa shape index (κ1) is 23.2. The standard InChI is InChI=1S/C23H30N4O.HI/c1-2-24-22(27-18-23(14-15-23)20-11-7-4-8-12-20)26-17-21(28)25-16-13-19-9-5-3-6-10-19;/h3-12H,2,13-18H2,1H3,(H,25,28)(H2,24,26,27);1H. The molecule has 0 unspecified atom stereocenters. The van der Waals surface area contributed by atoms with Gasteiger partial charge in [0.05, 0.1) is 0 Å². The molecule has 2 aromatic rings. The van der Waals surface area contributed by atoms with E-state index in [1.54, 1.807) is 0 Å². The van der Waals surface area contributed by atoms with Crippen molar-refractivity contribution in [1.82, 2.24) is 16.0 Å². The summed E-state index contributed by atoms with van der Waals surface area (Å²) in [6.45, 7) is 4.38. The highest BCUT2D eigenvalue weighted by Gasteiger charge is 2.43. The van der Waals surface area contributed by atoms with Crippen molar-refractivity contribution in [3.05, 3.63) is 71.8 Å². The minimum Gasteiger partial charge on any atom is -0.357 e. The summed E-state index contributed by atoms with van der Waals surface area (Å²) < 4.78 is 0. The predicted molar refractivity (Wildman–Crippen MR) is 130 cm³/mol. The zero-order chi connectivity index (χ0) is 19.7. The molecule has 1 aliphatic rings. The number of halogens is 1. The molecule has 0 aromatic heterocycles. The van der Waals surface area contributed by atoms with Crippen LogP contribution >= 0.6 is 24.0 Å².